The number of carbonyl (C=O) groups excluding carboxylic acids is 1. The maximum absolute atomic E-state index is 12.5. The molecule has 0 radical (unpaired) electrons. The molecule has 0 fully saturated rings. The zero-order valence-electron chi connectivity index (χ0n) is 14.4. The van der Waals surface area contributed by atoms with Crippen LogP contribution >= 0.6 is 0 Å². The van der Waals surface area contributed by atoms with Crippen LogP contribution in [0.3, 0.4) is 0 Å². The summed E-state index contributed by atoms with van der Waals surface area (Å²) in [5.41, 5.74) is 0.596. The number of nitrogens with zero attached hydrogens (tertiary/aromatic N) is 2. The summed E-state index contributed by atoms with van der Waals surface area (Å²) in [5.74, 6) is -2.69. The van der Waals surface area contributed by atoms with Crippen molar-refractivity contribution in [2.45, 2.75) is 19.1 Å². The second kappa shape index (κ2) is 8.24. The molecule has 2 aromatic rings. The molecule has 8 nitrogen and oxygen atoms in total. The lowest BCUT2D eigenvalue weighted by Gasteiger charge is -2.33. The number of hydrogen-bond donors (Lipinski definition) is 3. The van der Waals surface area contributed by atoms with E-state index in [1.54, 1.807) is 36.7 Å². The minimum Gasteiger partial charge on any atom is -0.478 e. The van der Waals surface area contributed by atoms with Crippen molar-refractivity contribution in [1.29, 1.82) is 0 Å². The predicted octanol–water partition coefficient (Wildman–Crippen LogP) is 2.01. The summed E-state index contributed by atoms with van der Waals surface area (Å²) < 4.78 is 0. The molecule has 1 aliphatic heterocycles. The highest BCUT2D eigenvalue weighted by Gasteiger charge is 2.47. The number of anilines is 1. The van der Waals surface area contributed by atoms with Crippen molar-refractivity contribution in [3.8, 4) is 0 Å². The van der Waals surface area contributed by atoms with E-state index in [4.69, 9.17) is 10.2 Å². The first-order valence-electron chi connectivity index (χ1n) is 8.01. The number of pyridine rings is 1. The maximum atomic E-state index is 12.5. The second-order valence-corrected chi connectivity index (χ2v) is 5.57. The molecule has 1 atom stereocenters. The molecule has 0 saturated heterocycles. The van der Waals surface area contributed by atoms with Crippen molar-refractivity contribution < 1.29 is 29.7 Å². The molecule has 27 heavy (non-hydrogen) atoms. The molecule has 8 heteroatoms. The summed E-state index contributed by atoms with van der Waals surface area (Å²) in [5, 5.41) is 26.5. The first kappa shape index (κ1) is 19.8. The van der Waals surface area contributed by atoms with E-state index in [2.05, 4.69) is 4.98 Å². The van der Waals surface area contributed by atoms with E-state index in [0.717, 1.165) is 0 Å². The third-order valence-electron chi connectivity index (χ3n) is 3.94. The van der Waals surface area contributed by atoms with Crippen LogP contribution in [0.2, 0.25) is 0 Å². The molecule has 1 aromatic carbocycles. The fraction of sp³-hybridized carbons (Fsp3) is 0.158. The van der Waals surface area contributed by atoms with E-state index in [1.165, 1.54) is 4.90 Å². The van der Waals surface area contributed by atoms with E-state index >= 15 is 0 Å². The second-order valence-electron chi connectivity index (χ2n) is 5.57. The van der Waals surface area contributed by atoms with Crippen LogP contribution in [0.1, 0.15) is 29.3 Å². The molecule has 0 aliphatic carbocycles. The van der Waals surface area contributed by atoms with Crippen LogP contribution in [0.15, 0.2) is 60.9 Å². The third kappa shape index (κ3) is 4.18. The van der Waals surface area contributed by atoms with Crippen LogP contribution in [0.5, 0.6) is 0 Å². The molecular weight excluding hydrogens is 352 g/mol. The van der Waals surface area contributed by atoms with Crippen molar-refractivity contribution >= 4 is 23.5 Å². The van der Waals surface area contributed by atoms with Crippen molar-refractivity contribution in [1.82, 2.24) is 4.98 Å². The van der Waals surface area contributed by atoms with Crippen LogP contribution in [-0.2, 0) is 15.3 Å². The molecule has 0 saturated carbocycles. The monoisotopic (exact) mass is 370 g/mol. The Morgan fingerprint density at radius 2 is 1.63 bits per heavy atom. The number of amides is 1. The topological polar surface area (TPSA) is 128 Å². The van der Waals surface area contributed by atoms with E-state index < -0.39 is 17.7 Å². The number of rotatable bonds is 4. The minimum atomic E-state index is -1.28. The summed E-state index contributed by atoms with van der Waals surface area (Å²) in [7, 11) is 0. The Kier molecular flexibility index (Phi) is 6.04. The normalized spacial score (nSPS) is 18.0. The Balaban J connectivity index is 0.000000279. The highest BCUT2D eigenvalue weighted by molar-refractivity contribution is 6.11. The van der Waals surface area contributed by atoms with E-state index in [0.29, 0.717) is 35.4 Å². The molecule has 0 bridgehead atoms. The fourth-order valence-corrected chi connectivity index (χ4v) is 2.74. The third-order valence-corrected chi connectivity index (χ3v) is 3.94. The van der Waals surface area contributed by atoms with E-state index in [9.17, 15) is 19.5 Å². The Labute approximate surface area is 155 Å². The average molecular weight is 370 g/mol. The van der Waals surface area contributed by atoms with Crippen molar-refractivity contribution in [3.05, 3.63) is 72.1 Å². The molecule has 3 rings (SSSR count). The van der Waals surface area contributed by atoms with Crippen LogP contribution in [-0.4, -0.2) is 38.1 Å². The predicted molar refractivity (Wildman–Crippen MR) is 96.1 cm³/mol. The highest BCUT2D eigenvalue weighted by Crippen LogP contribution is 2.42. The molecule has 3 N–H and O–H groups in total. The summed E-state index contributed by atoms with van der Waals surface area (Å²) in [6.45, 7) is 1.86. The SMILES string of the molecule is CCC1(O)c2ccccc2C(=O)N1c1ccncc1.O=C(O)C=CC(=O)O. The number of fused-ring (bicyclic) bond motifs is 1. The van der Waals surface area contributed by atoms with Gasteiger partial charge in [-0.2, -0.15) is 0 Å². The van der Waals surface area contributed by atoms with Crippen LogP contribution in [0.25, 0.3) is 0 Å². The van der Waals surface area contributed by atoms with Gasteiger partial charge in [0.1, 0.15) is 0 Å². The Morgan fingerprint density at radius 1 is 1.07 bits per heavy atom. The molecule has 0 spiro atoms. The lowest BCUT2D eigenvalue weighted by atomic mass is 9.99. The van der Waals surface area contributed by atoms with Gasteiger partial charge in [0.25, 0.3) is 5.91 Å². The zero-order chi connectivity index (χ0) is 20.0. The summed E-state index contributed by atoms with van der Waals surface area (Å²) >= 11 is 0. The first-order valence-corrected chi connectivity index (χ1v) is 8.01. The smallest absolute Gasteiger partial charge is 0.328 e. The van der Waals surface area contributed by atoms with Crippen LogP contribution in [0, 0.1) is 0 Å². The van der Waals surface area contributed by atoms with Gasteiger partial charge in [-0.25, -0.2) is 9.59 Å². The standard InChI is InChI=1S/C15H14N2O2.C4H4O4/c1-2-15(19)13-6-4-3-5-12(13)14(18)17(15)11-7-9-16-10-8-11;5-3(6)1-2-4(7)8/h3-10,19H,2H2,1H3;1-2H,(H,5,6)(H,7,8). The van der Waals surface area contributed by atoms with E-state index in [-0.39, 0.29) is 5.91 Å². The quantitative estimate of drug-likeness (QED) is 0.702. The van der Waals surface area contributed by atoms with Gasteiger partial charge in [-0.15, -0.1) is 0 Å². The summed E-state index contributed by atoms with van der Waals surface area (Å²) in [4.78, 5) is 37.0. The minimum absolute atomic E-state index is 0.175. The van der Waals surface area contributed by atoms with Gasteiger partial charge in [-0.3, -0.25) is 14.7 Å². The number of aliphatic hydroxyl groups is 1. The number of aromatic nitrogens is 1. The number of aliphatic carboxylic acids is 2. The number of carbonyl (C=O) groups is 3. The molecule has 1 aromatic heterocycles. The molecule has 1 unspecified atom stereocenters. The fourth-order valence-electron chi connectivity index (χ4n) is 2.74. The summed E-state index contributed by atoms with van der Waals surface area (Å²) in [6.07, 6.45) is 4.77. The molecule has 2 heterocycles. The maximum Gasteiger partial charge on any atom is 0.328 e. The van der Waals surface area contributed by atoms with Gasteiger partial charge in [-0.1, -0.05) is 25.1 Å². The highest BCUT2D eigenvalue weighted by atomic mass is 16.4. The number of benzene rings is 1. The van der Waals surface area contributed by atoms with Gasteiger partial charge >= 0.3 is 11.9 Å². The van der Waals surface area contributed by atoms with E-state index in [1.807, 2.05) is 19.1 Å². The van der Waals surface area contributed by atoms with Crippen molar-refractivity contribution in [2.24, 2.45) is 0 Å². The molecule has 140 valence electrons. The lowest BCUT2D eigenvalue weighted by Crippen LogP contribution is -2.43. The van der Waals surface area contributed by atoms with Gasteiger partial charge in [0.15, 0.2) is 5.72 Å². The Bertz CT molecular complexity index is 865. The van der Waals surface area contributed by atoms with Gasteiger partial charge in [0.05, 0.1) is 5.69 Å². The average Bonchev–Trinajstić information content (AvgIpc) is 2.90. The van der Waals surface area contributed by atoms with Gasteiger partial charge < -0.3 is 15.3 Å². The van der Waals surface area contributed by atoms with Gasteiger partial charge in [0, 0.05) is 35.7 Å². The van der Waals surface area contributed by atoms with Gasteiger partial charge in [0.2, 0.25) is 0 Å². The summed E-state index contributed by atoms with van der Waals surface area (Å²) in [6, 6.07) is 10.7. The first-order chi connectivity index (χ1) is 12.8. The Morgan fingerprint density at radius 3 is 2.15 bits per heavy atom. The van der Waals surface area contributed by atoms with Crippen LogP contribution < -0.4 is 4.90 Å². The van der Waals surface area contributed by atoms with Crippen molar-refractivity contribution in [3.63, 3.8) is 0 Å². The largest absolute Gasteiger partial charge is 0.478 e. The Hall–Kier alpha value is -3.52. The molecular formula is C19H18N2O6. The number of hydrogen-bond acceptors (Lipinski definition) is 5. The number of carboxylic acid groups (broad SMARTS) is 2. The van der Waals surface area contributed by atoms with Crippen LogP contribution in [0.4, 0.5) is 5.69 Å². The zero-order valence-corrected chi connectivity index (χ0v) is 14.4. The van der Waals surface area contributed by atoms with Crippen molar-refractivity contribution in [2.75, 3.05) is 4.90 Å². The van der Waals surface area contributed by atoms with Gasteiger partial charge in [-0.05, 0) is 24.6 Å². The lowest BCUT2D eigenvalue weighted by molar-refractivity contribution is -0.134. The molecule has 1 aliphatic rings. The number of carboxylic acids is 2. The molecule has 1 amide bonds.